The quantitative estimate of drug-likeness (QED) is 0.0262. The van der Waals surface area contributed by atoms with Gasteiger partial charge in [-0.25, -0.2) is 0 Å². The molecule has 0 aromatic carbocycles. The monoisotopic (exact) mass is 965 g/mol. The van der Waals surface area contributed by atoms with E-state index in [0.717, 1.165) is 77.0 Å². The number of rotatable bonds is 54. The van der Waals surface area contributed by atoms with Crippen LogP contribution in [0, 0.1) is 0 Å². The molecular weight excluding hydrogens is 853 g/mol. The Bertz CT molecular complexity index is 1250. The lowest BCUT2D eigenvalue weighted by Gasteiger charge is -2.18. The molecular formula is C63H112O6. The number of ether oxygens (including phenoxy) is 3. The highest BCUT2D eigenvalue weighted by atomic mass is 16.6. The first-order valence-electron chi connectivity index (χ1n) is 29.8. The molecule has 0 amide bonds. The van der Waals surface area contributed by atoms with E-state index in [4.69, 9.17) is 14.2 Å². The van der Waals surface area contributed by atoms with Crippen LogP contribution in [0.15, 0.2) is 60.8 Å². The van der Waals surface area contributed by atoms with Crippen LogP contribution in [0.3, 0.4) is 0 Å². The molecule has 0 aliphatic rings. The molecule has 0 bridgehead atoms. The van der Waals surface area contributed by atoms with E-state index in [1.807, 2.05) is 0 Å². The predicted molar refractivity (Wildman–Crippen MR) is 298 cm³/mol. The van der Waals surface area contributed by atoms with Crippen molar-refractivity contribution >= 4 is 17.9 Å². The lowest BCUT2D eigenvalue weighted by Crippen LogP contribution is -2.30. The Labute approximate surface area is 428 Å². The fraction of sp³-hybridized carbons (Fsp3) is 0.794. The van der Waals surface area contributed by atoms with Gasteiger partial charge in [-0.15, -0.1) is 0 Å². The van der Waals surface area contributed by atoms with Gasteiger partial charge < -0.3 is 14.2 Å². The number of unbranched alkanes of at least 4 members (excludes halogenated alkanes) is 33. The Hall–Kier alpha value is -2.89. The largest absolute Gasteiger partial charge is 0.462 e. The summed E-state index contributed by atoms with van der Waals surface area (Å²) in [5.74, 6) is -0.931. The van der Waals surface area contributed by atoms with Crippen molar-refractivity contribution in [1.82, 2.24) is 0 Å². The molecule has 6 nitrogen and oxygen atoms in total. The summed E-state index contributed by atoms with van der Waals surface area (Å²) in [5.41, 5.74) is 0. The second-order valence-corrected chi connectivity index (χ2v) is 19.9. The summed E-state index contributed by atoms with van der Waals surface area (Å²) >= 11 is 0. The Morgan fingerprint density at radius 1 is 0.304 bits per heavy atom. The predicted octanol–water partition coefficient (Wildman–Crippen LogP) is 20.0. The second kappa shape index (κ2) is 57.7. The van der Waals surface area contributed by atoms with Crippen molar-refractivity contribution in [3.8, 4) is 0 Å². The minimum Gasteiger partial charge on any atom is -0.462 e. The van der Waals surface area contributed by atoms with E-state index in [1.165, 1.54) is 180 Å². The molecule has 1 atom stereocenters. The zero-order valence-corrected chi connectivity index (χ0v) is 45.8. The molecule has 0 aromatic heterocycles. The zero-order chi connectivity index (χ0) is 50.0. The fourth-order valence-electron chi connectivity index (χ4n) is 8.60. The summed E-state index contributed by atoms with van der Waals surface area (Å²) in [7, 11) is 0. The fourth-order valence-corrected chi connectivity index (χ4v) is 8.60. The highest BCUT2D eigenvalue weighted by Crippen LogP contribution is 2.17. The van der Waals surface area contributed by atoms with Crippen LogP contribution >= 0.6 is 0 Å². The third-order valence-electron chi connectivity index (χ3n) is 13.0. The van der Waals surface area contributed by atoms with Crippen LogP contribution in [0.5, 0.6) is 0 Å². The smallest absolute Gasteiger partial charge is 0.306 e. The van der Waals surface area contributed by atoms with Crippen molar-refractivity contribution in [2.45, 2.75) is 309 Å². The first-order chi connectivity index (χ1) is 34.0. The highest BCUT2D eigenvalue weighted by molar-refractivity contribution is 5.71. The van der Waals surface area contributed by atoms with Crippen LogP contribution in [-0.4, -0.2) is 37.2 Å². The van der Waals surface area contributed by atoms with Crippen LogP contribution in [-0.2, 0) is 28.6 Å². The van der Waals surface area contributed by atoms with E-state index >= 15 is 0 Å². The number of carbonyl (C=O) groups excluding carboxylic acids is 3. The average molecular weight is 966 g/mol. The van der Waals surface area contributed by atoms with Crippen molar-refractivity contribution < 1.29 is 28.6 Å². The summed E-state index contributed by atoms with van der Waals surface area (Å²) in [4.78, 5) is 38.2. The summed E-state index contributed by atoms with van der Waals surface area (Å²) in [6.45, 7) is 6.52. The van der Waals surface area contributed by atoms with Crippen LogP contribution < -0.4 is 0 Å². The first-order valence-corrected chi connectivity index (χ1v) is 29.8. The number of allylic oxidation sites excluding steroid dienone is 10. The van der Waals surface area contributed by atoms with Crippen molar-refractivity contribution in [1.29, 1.82) is 0 Å². The van der Waals surface area contributed by atoms with Crippen LogP contribution in [0.4, 0.5) is 0 Å². The van der Waals surface area contributed by atoms with Gasteiger partial charge in [0.15, 0.2) is 6.10 Å². The third kappa shape index (κ3) is 55.9. The summed E-state index contributed by atoms with van der Waals surface area (Å²) in [6, 6.07) is 0. The number of hydrogen-bond donors (Lipinski definition) is 0. The summed E-state index contributed by atoms with van der Waals surface area (Å²) in [5, 5.41) is 0. The van der Waals surface area contributed by atoms with E-state index in [9.17, 15) is 14.4 Å². The second-order valence-electron chi connectivity index (χ2n) is 19.9. The molecule has 0 N–H and O–H groups in total. The highest BCUT2D eigenvalue weighted by Gasteiger charge is 2.19. The molecule has 0 aliphatic heterocycles. The van der Waals surface area contributed by atoms with E-state index in [2.05, 4.69) is 81.5 Å². The van der Waals surface area contributed by atoms with Gasteiger partial charge in [-0.2, -0.15) is 0 Å². The molecule has 69 heavy (non-hydrogen) atoms. The Morgan fingerprint density at radius 3 is 0.884 bits per heavy atom. The minimum atomic E-state index is -0.794. The van der Waals surface area contributed by atoms with Crippen LogP contribution in [0.1, 0.15) is 303 Å². The molecule has 0 spiro atoms. The molecule has 0 radical (unpaired) electrons. The van der Waals surface area contributed by atoms with Gasteiger partial charge in [0.2, 0.25) is 0 Å². The normalized spacial score (nSPS) is 12.4. The summed E-state index contributed by atoms with van der Waals surface area (Å²) < 4.78 is 16.8. The van der Waals surface area contributed by atoms with Crippen molar-refractivity contribution in [3.63, 3.8) is 0 Å². The molecule has 0 rings (SSSR count). The van der Waals surface area contributed by atoms with Gasteiger partial charge in [0.05, 0.1) is 0 Å². The van der Waals surface area contributed by atoms with Gasteiger partial charge in [0.25, 0.3) is 0 Å². The molecule has 0 heterocycles. The number of carbonyl (C=O) groups is 3. The SMILES string of the molecule is CC/C=C\C/C=C\C/C=C\C/C=C\C/C=C\CCCC(=O)OC[C@H](COC(=O)CCCCCCCCCCCCCCCCCCCCC)OC(=O)CCCCCCCCCCCCCCCCC. The van der Waals surface area contributed by atoms with Gasteiger partial charge >= 0.3 is 17.9 Å². The molecule has 0 saturated heterocycles. The molecule has 0 aromatic rings. The standard InChI is InChI=1S/C63H112O6/c1-4-7-10-13-16-19-22-25-28-30-31-33-36-38-41-44-47-50-53-56-62(65)68-59-60(69-63(66)57-54-51-48-45-42-39-34-27-24-21-18-15-12-9-6-3)58-67-61(64)55-52-49-46-43-40-37-35-32-29-26-23-20-17-14-11-8-5-2/h8,11,17,20,26,29,35,37,43,46,60H,4-7,9-10,12-16,18-19,21-25,27-28,30-34,36,38-42,44-45,47-59H2,1-3H3/b11-8-,20-17-,29-26-,37-35-,46-43-/t60-/m1/s1. The maximum absolute atomic E-state index is 12.9. The molecule has 6 heteroatoms. The number of hydrogen-bond acceptors (Lipinski definition) is 6. The lowest BCUT2D eigenvalue weighted by atomic mass is 10.0. The minimum absolute atomic E-state index is 0.0874. The molecule has 0 fully saturated rings. The van der Waals surface area contributed by atoms with Gasteiger partial charge in [0.1, 0.15) is 13.2 Å². The summed E-state index contributed by atoms with van der Waals surface area (Å²) in [6.07, 6.45) is 72.2. The maximum atomic E-state index is 12.9. The van der Waals surface area contributed by atoms with Crippen molar-refractivity contribution in [3.05, 3.63) is 60.8 Å². The third-order valence-corrected chi connectivity index (χ3v) is 13.0. The van der Waals surface area contributed by atoms with E-state index in [-0.39, 0.29) is 37.5 Å². The average Bonchev–Trinajstić information content (AvgIpc) is 3.35. The topological polar surface area (TPSA) is 78.9 Å². The molecule has 0 saturated carbocycles. The van der Waals surface area contributed by atoms with E-state index in [0.29, 0.717) is 19.3 Å². The Kier molecular flexibility index (Phi) is 55.3. The molecule has 400 valence electrons. The van der Waals surface area contributed by atoms with Crippen molar-refractivity contribution in [2.24, 2.45) is 0 Å². The van der Waals surface area contributed by atoms with E-state index < -0.39 is 6.10 Å². The molecule has 0 unspecified atom stereocenters. The van der Waals surface area contributed by atoms with Crippen LogP contribution in [0.25, 0.3) is 0 Å². The van der Waals surface area contributed by atoms with Gasteiger partial charge in [-0.05, 0) is 57.8 Å². The van der Waals surface area contributed by atoms with Gasteiger partial charge in [-0.3, -0.25) is 14.4 Å². The number of esters is 3. The van der Waals surface area contributed by atoms with Gasteiger partial charge in [-0.1, -0.05) is 287 Å². The first kappa shape index (κ1) is 66.1. The Balaban J connectivity index is 4.40. The van der Waals surface area contributed by atoms with Gasteiger partial charge in [0, 0.05) is 19.3 Å². The Morgan fingerprint density at radius 2 is 0.565 bits per heavy atom. The maximum Gasteiger partial charge on any atom is 0.306 e. The van der Waals surface area contributed by atoms with E-state index in [1.54, 1.807) is 0 Å². The van der Waals surface area contributed by atoms with Crippen LogP contribution in [0.2, 0.25) is 0 Å². The zero-order valence-electron chi connectivity index (χ0n) is 45.8. The van der Waals surface area contributed by atoms with Crippen molar-refractivity contribution in [2.75, 3.05) is 13.2 Å². The molecule has 0 aliphatic carbocycles. The lowest BCUT2D eigenvalue weighted by molar-refractivity contribution is -0.167.